The Balaban J connectivity index is 1.43. The third-order valence-electron chi connectivity index (χ3n) is 6.20. The van der Waals surface area contributed by atoms with Gasteiger partial charge in [-0.1, -0.05) is 30.3 Å². The van der Waals surface area contributed by atoms with Gasteiger partial charge in [0.2, 0.25) is 0 Å². The molecule has 2 aliphatic rings. The van der Waals surface area contributed by atoms with Crippen LogP contribution in [0.5, 0.6) is 17.2 Å². The molecule has 3 atom stereocenters. The van der Waals surface area contributed by atoms with Crippen LogP contribution in [0.15, 0.2) is 93.8 Å². The number of allylic oxidation sites excluding steroid dienone is 1. The highest BCUT2D eigenvalue weighted by atomic mass is 32.2. The van der Waals surface area contributed by atoms with E-state index in [0.717, 1.165) is 23.5 Å². The Bertz CT molecular complexity index is 1400. The molecule has 0 bridgehead atoms. The maximum atomic E-state index is 13.7. The molecule has 3 aromatic carbocycles. The maximum absolute atomic E-state index is 13.7. The van der Waals surface area contributed by atoms with Crippen molar-refractivity contribution in [3.8, 4) is 17.2 Å². The lowest BCUT2D eigenvalue weighted by Gasteiger charge is -2.42. The Hall–Kier alpha value is -3.70. The van der Waals surface area contributed by atoms with E-state index in [1.165, 1.54) is 19.2 Å². The van der Waals surface area contributed by atoms with Crippen molar-refractivity contribution in [2.75, 3.05) is 11.9 Å². The molecule has 5 rings (SSSR count). The predicted molar refractivity (Wildman–Crippen MR) is 133 cm³/mol. The van der Waals surface area contributed by atoms with E-state index in [9.17, 15) is 22.5 Å². The minimum absolute atomic E-state index is 0.154. The minimum atomic E-state index is -4.83. The van der Waals surface area contributed by atoms with Gasteiger partial charge in [-0.2, -0.15) is 0 Å². The molecule has 0 radical (unpaired) electrons. The van der Waals surface area contributed by atoms with E-state index in [4.69, 9.17) is 4.74 Å². The summed E-state index contributed by atoms with van der Waals surface area (Å²) in [5.74, 6) is 0.882. The van der Waals surface area contributed by atoms with Crippen molar-refractivity contribution in [2.24, 2.45) is 4.36 Å². The summed E-state index contributed by atoms with van der Waals surface area (Å²) in [4.78, 5) is 2.18. The van der Waals surface area contributed by atoms with Gasteiger partial charge in [0, 0.05) is 7.05 Å². The highest BCUT2D eigenvalue weighted by molar-refractivity contribution is 7.91. The molecule has 0 saturated heterocycles. The third-order valence-corrected chi connectivity index (χ3v) is 8.14. The SMILES string of the molecule is CN=S(=O)(NC1=CCC[C@H](N2c3ccccc3Oc3ccccc32)[C@@H]1O)c1ccc(OC(F)(F)F)cc1. The van der Waals surface area contributed by atoms with E-state index in [0.29, 0.717) is 30.0 Å². The van der Waals surface area contributed by atoms with Crippen LogP contribution in [0.1, 0.15) is 12.8 Å². The minimum Gasteiger partial charge on any atom is -0.453 e. The second-order valence-corrected chi connectivity index (χ2v) is 10.6. The average Bonchev–Trinajstić information content (AvgIpc) is 2.88. The van der Waals surface area contributed by atoms with Gasteiger partial charge < -0.3 is 19.5 Å². The van der Waals surface area contributed by atoms with Crippen molar-refractivity contribution < 1.29 is 32.0 Å². The lowest BCUT2D eigenvalue weighted by Crippen LogP contribution is -2.47. The zero-order chi connectivity index (χ0) is 26.2. The predicted octanol–water partition coefficient (Wildman–Crippen LogP) is 5.90. The number of aliphatic hydroxyl groups excluding tert-OH is 1. The van der Waals surface area contributed by atoms with Gasteiger partial charge in [-0.25, -0.2) is 8.57 Å². The highest BCUT2D eigenvalue weighted by Crippen LogP contribution is 2.49. The summed E-state index contributed by atoms with van der Waals surface area (Å²) in [7, 11) is -1.96. The van der Waals surface area contributed by atoms with E-state index < -0.39 is 34.2 Å². The Morgan fingerprint density at radius 3 is 2.19 bits per heavy atom. The molecule has 11 heteroatoms. The van der Waals surface area contributed by atoms with E-state index in [-0.39, 0.29) is 4.90 Å². The molecule has 2 N–H and O–H groups in total. The molecule has 7 nitrogen and oxygen atoms in total. The summed E-state index contributed by atoms with van der Waals surface area (Å²) >= 11 is 0. The number of fused-ring (bicyclic) bond motifs is 2. The Kier molecular flexibility index (Phi) is 6.50. The number of alkyl halides is 3. The lowest BCUT2D eigenvalue weighted by atomic mass is 9.93. The van der Waals surface area contributed by atoms with Gasteiger partial charge >= 0.3 is 6.36 Å². The van der Waals surface area contributed by atoms with Crippen LogP contribution in [0.3, 0.4) is 0 Å². The number of nitrogens with one attached hydrogen (secondary N) is 1. The molecule has 3 aromatic rings. The van der Waals surface area contributed by atoms with Crippen molar-refractivity contribution in [1.82, 2.24) is 4.72 Å². The summed E-state index contributed by atoms with van der Waals surface area (Å²) in [6.07, 6.45) is -2.93. The topological polar surface area (TPSA) is 83.4 Å². The molecule has 37 heavy (non-hydrogen) atoms. The van der Waals surface area contributed by atoms with Gasteiger partial charge in [-0.15, -0.1) is 13.2 Å². The van der Waals surface area contributed by atoms with Gasteiger partial charge in [0.1, 0.15) is 11.9 Å². The first-order chi connectivity index (χ1) is 17.7. The van der Waals surface area contributed by atoms with Crippen molar-refractivity contribution in [1.29, 1.82) is 0 Å². The quantitative estimate of drug-likeness (QED) is 0.429. The van der Waals surface area contributed by atoms with Crippen LogP contribution in [-0.4, -0.2) is 34.9 Å². The maximum Gasteiger partial charge on any atom is 0.573 e. The van der Waals surface area contributed by atoms with Crippen LogP contribution in [0, 0.1) is 0 Å². The second kappa shape index (κ2) is 9.64. The number of benzene rings is 3. The van der Waals surface area contributed by atoms with E-state index in [2.05, 4.69) is 13.8 Å². The van der Waals surface area contributed by atoms with Crippen molar-refractivity contribution in [3.05, 3.63) is 84.6 Å². The van der Waals surface area contributed by atoms with Crippen LogP contribution >= 0.6 is 0 Å². The summed E-state index contributed by atoms with van der Waals surface area (Å²) < 4.78 is 68.1. The monoisotopic (exact) mass is 531 g/mol. The molecule has 0 fully saturated rings. The number of nitrogens with zero attached hydrogens (tertiary/aromatic N) is 2. The molecular formula is C26H24F3N3O4S. The molecule has 0 amide bonds. The van der Waals surface area contributed by atoms with Crippen LogP contribution in [0.4, 0.5) is 24.5 Å². The number of hydrogen-bond acceptors (Lipinski definition) is 6. The standard InChI is InChI=1S/C26H24F3N3O4S/c1-30-37(34,18-15-13-17(14-16-18)36-26(27,28)29)31-19-7-6-10-22(25(19)33)32-20-8-2-4-11-23(20)35-24-12-5-3-9-21(24)32/h2-5,7-9,11-16,22,25,33H,6,10H2,1H3,(H,30,31,34)/t22-,25+,37?/m0/s1. The smallest absolute Gasteiger partial charge is 0.453 e. The van der Waals surface area contributed by atoms with Crippen molar-refractivity contribution in [3.63, 3.8) is 0 Å². The summed E-state index contributed by atoms with van der Waals surface area (Å²) in [6.45, 7) is 0. The molecule has 0 spiro atoms. The van der Waals surface area contributed by atoms with Crippen molar-refractivity contribution >= 4 is 21.3 Å². The van der Waals surface area contributed by atoms with Crippen LogP contribution < -0.4 is 19.1 Å². The molecule has 0 saturated carbocycles. The summed E-state index contributed by atoms with van der Waals surface area (Å²) in [5.41, 5.74) is 1.92. The normalized spacial score (nSPS) is 20.5. The number of ether oxygens (including phenoxy) is 2. The molecule has 1 aliphatic carbocycles. The van der Waals surface area contributed by atoms with Gasteiger partial charge in [-0.05, 0) is 61.4 Å². The highest BCUT2D eigenvalue weighted by Gasteiger charge is 2.37. The van der Waals surface area contributed by atoms with Crippen LogP contribution in [0.25, 0.3) is 0 Å². The zero-order valence-electron chi connectivity index (χ0n) is 19.7. The van der Waals surface area contributed by atoms with Crippen LogP contribution in [-0.2, 0) is 9.92 Å². The molecular weight excluding hydrogens is 507 g/mol. The molecule has 1 heterocycles. The Labute approximate surface area is 212 Å². The Morgan fingerprint density at radius 2 is 1.62 bits per heavy atom. The first kappa shape index (κ1) is 25.0. The fourth-order valence-corrected chi connectivity index (χ4v) is 6.00. The van der Waals surface area contributed by atoms with E-state index >= 15 is 0 Å². The zero-order valence-corrected chi connectivity index (χ0v) is 20.5. The van der Waals surface area contributed by atoms with E-state index in [1.807, 2.05) is 53.4 Å². The van der Waals surface area contributed by atoms with Crippen LogP contribution in [0.2, 0.25) is 0 Å². The Morgan fingerprint density at radius 1 is 1.03 bits per heavy atom. The largest absolute Gasteiger partial charge is 0.573 e. The number of hydrogen-bond donors (Lipinski definition) is 2. The second-order valence-electron chi connectivity index (χ2n) is 8.49. The fourth-order valence-electron chi connectivity index (χ4n) is 4.55. The first-order valence-electron chi connectivity index (χ1n) is 11.5. The van der Waals surface area contributed by atoms with Crippen molar-refractivity contribution in [2.45, 2.75) is 36.2 Å². The molecule has 1 aliphatic heterocycles. The van der Waals surface area contributed by atoms with Gasteiger partial charge in [0.05, 0.1) is 28.0 Å². The number of halogens is 3. The number of rotatable bonds is 5. The van der Waals surface area contributed by atoms with Gasteiger partial charge in [0.15, 0.2) is 21.4 Å². The number of para-hydroxylation sites is 4. The number of aliphatic hydroxyl groups is 1. The fraction of sp³-hybridized carbons (Fsp3) is 0.231. The van der Waals surface area contributed by atoms with E-state index in [1.54, 1.807) is 6.08 Å². The first-order valence-corrected chi connectivity index (χ1v) is 13.0. The molecule has 194 valence electrons. The van der Waals surface area contributed by atoms with Gasteiger partial charge in [0.25, 0.3) is 0 Å². The lowest BCUT2D eigenvalue weighted by molar-refractivity contribution is -0.274. The molecule has 0 aromatic heterocycles. The third kappa shape index (κ3) is 4.96. The summed E-state index contributed by atoms with van der Waals surface area (Å²) in [5, 5.41) is 11.5. The number of anilines is 2. The average molecular weight is 532 g/mol. The molecule has 1 unspecified atom stereocenters. The van der Waals surface area contributed by atoms with Gasteiger partial charge in [-0.3, -0.25) is 4.72 Å². The summed E-state index contributed by atoms with van der Waals surface area (Å²) in [6, 6.07) is 19.3.